The number of nitrogens with zero attached hydrogens (tertiary/aromatic N) is 1. The lowest BCUT2D eigenvalue weighted by atomic mass is 9.98. The Kier molecular flexibility index (Phi) is 12.5. The Labute approximate surface area is 224 Å². The molecule has 2 N–H and O–H groups in total. The van der Waals surface area contributed by atoms with Gasteiger partial charge < -0.3 is 15.1 Å². The minimum absolute atomic E-state index is 0.185. The molecule has 0 bridgehead atoms. The van der Waals surface area contributed by atoms with Crippen molar-refractivity contribution < 1.29 is 10.2 Å². The molecule has 3 aromatic rings. The lowest BCUT2D eigenvalue weighted by Gasteiger charge is -2.14. The number of rotatable bonds is 9. The molecular weight excluding hydrogens is 454 g/mol. The van der Waals surface area contributed by atoms with Crippen molar-refractivity contribution in [1.82, 2.24) is 4.90 Å². The SMILES string of the molecule is CC.OCCC/C(=C\c1cccc(O)c1)c1ccccc1.c1ccc(CCC2CCN(C3CC3)C2)cc1. The monoisotopic (exact) mass is 499 g/mol. The van der Waals surface area contributed by atoms with Gasteiger partial charge in [-0.3, -0.25) is 0 Å². The van der Waals surface area contributed by atoms with Gasteiger partial charge in [0.05, 0.1) is 0 Å². The highest BCUT2D eigenvalue weighted by Crippen LogP contribution is 2.33. The molecule has 198 valence electrons. The number of aliphatic hydroxyl groups is 1. The fourth-order valence-electron chi connectivity index (χ4n) is 4.92. The molecule has 0 amide bonds. The van der Waals surface area contributed by atoms with Gasteiger partial charge in [-0.15, -0.1) is 0 Å². The number of aliphatic hydroxyl groups excluding tert-OH is 1. The molecule has 0 spiro atoms. The summed E-state index contributed by atoms with van der Waals surface area (Å²) < 4.78 is 0. The van der Waals surface area contributed by atoms with Gasteiger partial charge in [-0.25, -0.2) is 0 Å². The molecule has 1 aliphatic carbocycles. The van der Waals surface area contributed by atoms with Crippen LogP contribution >= 0.6 is 0 Å². The van der Waals surface area contributed by atoms with Crippen molar-refractivity contribution in [2.75, 3.05) is 19.7 Å². The second kappa shape index (κ2) is 16.1. The molecule has 1 unspecified atom stereocenters. The largest absolute Gasteiger partial charge is 0.508 e. The van der Waals surface area contributed by atoms with E-state index in [1.54, 1.807) is 12.1 Å². The van der Waals surface area contributed by atoms with Crippen LogP contribution in [-0.4, -0.2) is 40.9 Å². The van der Waals surface area contributed by atoms with Crippen molar-refractivity contribution in [2.24, 2.45) is 5.92 Å². The van der Waals surface area contributed by atoms with E-state index in [9.17, 15) is 5.11 Å². The second-order valence-electron chi connectivity index (χ2n) is 9.86. The smallest absolute Gasteiger partial charge is 0.116 e. The van der Waals surface area contributed by atoms with Gasteiger partial charge in [-0.1, -0.05) is 92.7 Å². The predicted octanol–water partition coefficient (Wildman–Crippen LogP) is 7.84. The highest BCUT2D eigenvalue weighted by Gasteiger charge is 2.33. The highest BCUT2D eigenvalue weighted by molar-refractivity contribution is 5.81. The van der Waals surface area contributed by atoms with Crippen molar-refractivity contribution in [3.8, 4) is 5.75 Å². The quantitative estimate of drug-likeness (QED) is 0.295. The lowest BCUT2D eigenvalue weighted by Crippen LogP contribution is -2.22. The van der Waals surface area contributed by atoms with Crippen molar-refractivity contribution in [3.63, 3.8) is 0 Å². The van der Waals surface area contributed by atoms with Crippen LogP contribution in [0.5, 0.6) is 5.75 Å². The minimum atomic E-state index is 0.185. The predicted molar refractivity (Wildman–Crippen MR) is 158 cm³/mol. The van der Waals surface area contributed by atoms with Crippen LogP contribution in [0.1, 0.15) is 69.1 Å². The average Bonchev–Trinajstić information content (AvgIpc) is 3.70. The molecule has 0 radical (unpaired) electrons. The maximum absolute atomic E-state index is 9.50. The third-order valence-corrected chi connectivity index (χ3v) is 7.02. The first-order valence-corrected chi connectivity index (χ1v) is 14.1. The van der Waals surface area contributed by atoms with Gasteiger partial charge in [0.2, 0.25) is 0 Å². The minimum Gasteiger partial charge on any atom is -0.508 e. The van der Waals surface area contributed by atoms with Gasteiger partial charge in [0.15, 0.2) is 0 Å². The summed E-state index contributed by atoms with van der Waals surface area (Å²) >= 11 is 0. The van der Waals surface area contributed by atoms with Gasteiger partial charge in [0, 0.05) is 19.2 Å². The maximum atomic E-state index is 9.50. The Balaban J connectivity index is 0.000000195. The molecular formula is C34H45NO2. The summed E-state index contributed by atoms with van der Waals surface area (Å²) in [7, 11) is 0. The molecule has 3 nitrogen and oxygen atoms in total. The zero-order valence-electron chi connectivity index (χ0n) is 22.7. The van der Waals surface area contributed by atoms with Crippen LogP contribution in [0, 0.1) is 5.92 Å². The summed E-state index contributed by atoms with van der Waals surface area (Å²) in [5, 5.41) is 18.5. The fraction of sp³-hybridized carbons (Fsp3) is 0.412. The van der Waals surface area contributed by atoms with Crippen LogP contribution in [0.2, 0.25) is 0 Å². The summed E-state index contributed by atoms with van der Waals surface area (Å²) in [4.78, 5) is 2.72. The third kappa shape index (κ3) is 10.2. The number of likely N-dealkylation sites (tertiary alicyclic amines) is 1. The number of aryl methyl sites for hydroxylation is 1. The van der Waals surface area contributed by atoms with E-state index in [-0.39, 0.29) is 12.4 Å². The molecule has 3 aromatic carbocycles. The van der Waals surface area contributed by atoms with Crippen LogP contribution in [0.25, 0.3) is 11.6 Å². The molecule has 37 heavy (non-hydrogen) atoms. The van der Waals surface area contributed by atoms with Gasteiger partial charge >= 0.3 is 0 Å². The van der Waals surface area contributed by atoms with Crippen molar-refractivity contribution >= 4 is 11.6 Å². The van der Waals surface area contributed by atoms with E-state index in [1.807, 2.05) is 44.2 Å². The Morgan fingerprint density at radius 3 is 2.24 bits per heavy atom. The van der Waals surface area contributed by atoms with E-state index in [0.29, 0.717) is 0 Å². The lowest BCUT2D eigenvalue weighted by molar-refractivity contribution is 0.290. The summed E-state index contributed by atoms with van der Waals surface area (Å²) in [5.74, 6) is 1.23. The molecule has 1 heterocycles. The van der Waals surface area contributed by atoms with Crippen LogP contribution in [0.3, 0.4) is 0 Å². The molecule has 2 aliphatic rings. The van der Waals surface area contributed by atoms with Gasteiger partial charge in [0.25, 0.3) is 0 Å². The molecule has 1 saturated carbocycles. The highest BCUT2D eigenvalue weighted by atomic mass is 16.3. The van der Waals surface area contributed by atoms with E-state index >= 15 is 0 Å². The zero-order valence-corrected chi connectivity index (χ0v) is 22.7. The molecule has 2 fully saturated rings. The first-order chi connectivity index (χ1) is 18.2. The number of phenolic OH excluding ortho intramolecular Hbond substituents is 1. The van der Waals surface area contributed by atoms with Crippen LogP contribution < -0.4 is 0 Å². The fourth-order valence-corrected chi connectivity index (χ4v) is 4.92. The summed E-state index contributed by atoms with van der Waals surface area (Å²) in [6.45, 7) is 6.92. The van der Waals surface area contributed by atoms with Crippen molar-refractivity contribution in [1.29, 1.82) is 0 Å². The number of hydrogen-bond acceptors (Lipinski definition) is 3. The van der Waals surface area contributed by atoms with E-state index in [4.69, 9.17) is 5.11 Å². The van der Waals surface area contributed by atoms with E-state index < -0.39 is 0 Å². The average molecular weight is 500 g/mol. The van der Waals surface area contributed by atoms with Crippen molar-refractivity contribution in [3.05, 3.63) is 102 Å². The van der Waals surface area contributed by atoms with Gasteiger partial charge in [0.1, 0.15) is 5.75 Å². The number of allylic oxidation sites excluding steroid dienone is 1. The first-order valence-electron chi connectivity index (χ1n) is 14.1. The Bertz CT molecular complexity index is 1040. The second-order valence-corrected chi connectivity index (χ2v) is 9.86. The normalized spacial score (nSPS) is 17.4. The van der Waals surface area contributed by atoms with Gasteiger partial charge in [-0.2, -0.15) is 0 Å². The van der Waals surface area contributed by atoms with Crippen LogP contribution in [-0.2, 0) is 6.42 Å². The maximum Gasteiger partial charge on any atom is 0.116 e. The van der Waals surface area contributed by atoms with Crippen molar-refractivity contribution in [2.45, 2.75) is 64.8 Å². The Hall–Kier alpha value is -2.88. The zero-order chi connectivity index (χ0) is 26.3. The first kappa shape index (κ1) is 28.7. The Morgan fingerprint density at radius 2 is 1.59 bits per heavy atom. The Morgan fingerprint density at radius 1 is 0.892 bits per heavy atom. The summed E-state index contributed by atoms with van der Waals surface area (Å²) in [6.07, 6.45) is 10.6. The molecule has 1 saturated heterocycles. The van der Waals surface area contributed by atoms with E-state index in [2.05, 4.69) is 53.4 Å². The molecule has 3 heteroatoms. The van der Waals surface area contributed by atoms with Crippen LogP contribution in [0.4, 0.5) is 0 Å². The number of benzene rings is 3. The number of phenols is 1. The molecule has 1 aliphatic heterocycles. The van der Waals surface area contributed by atoms with Crippen LogP contribution in [0.15, 0.2) is 84.9 Å². The standard InChI is InChI=1S/C17H18O2.C15H21N.C2H6/c18-11-5-9-16(15-7-2-1-3-8-15)12-14-6-4-10-17(19)13-14;1-2-4-13(5-3-1)6-7-14-10-11-16(12-14)15-8-9-15;1-2/h1-4,6-8,10,12-13,18-19H,5,9,11H2;1-5,14-15H,6-12H2;1-2H3/b16-12+;;. The number of hydrogen-bond donors (Lipinski definition) is 2. The summed E-state index contributed by atoms with van der Waals surface area (Å²) in [5.41, 5.74) is 4.80. The molecule has 0 aromatic heterocycles. The third-order valence-electron chi connectivity index (χ3n) is 7.02. The molecule has 5 rings (SSSR count). The van der Waals surface area contributed by atoms with E-state index in [0.717, 1.165) is 35.9 Å². The van der Waals surface area contributed by atoms with E-state index in [1.165, 1.54) is 56.3 Å². The topological polar surface area (TPSA) is 43.7 Å². The number of aromatic hydroxyl groups is 1. The van der Waals surface area contributed by atoms with Gasteiger partial charge in [-0.05, 0) is 91.8 Å². The molecule has 1 atom stereocenters. The summed E-state index contributed by atoms with van der Waals surface area (Å²) in [6, 6.07) is 29.2.